The van der Waals surface area contributed by atoms with Gasteiger partial charge in [-0.1, -0.05) is 17.7 Å². The normalized spacial score (nSPS) is 10.6. The molecule has 0 fully saturated rings. The molecule has 0 saturated heterocycles. The first-order valence-corrected chi connectivity index (χ1v) is 7.52. The van der Waals surface area contributed by atoms with Gasteiger partial charge in [-0.3, -0.25) is 4.79 Å². The minimum atomic E-state index is -0.629. The van der Waals surface area contributed by atoms with E-state index in [9.17, 15) is 9.18 Å². The molecule has 1 aromatic carbocycles. The van der Waals surface area contributed by atoms with Gasteiger partial charge in [0, 0.05) is 25.5 Å². The highest BCUT2D eigenvalue weighted by Gasteiger charge is 2.15. The summed E-state index contributed by atoms with van der Waals surface area (Å²) in [5.74, 6) is -1.15. The molecule has 0 saturated carbocycles. The van der Waals surface area contributed by atoms with Crippen LogP contribution in [0.3, 0.4) is 0 Å². The number of benzene rings is 1. The summed E-state index contributed by atoms with van der Waals surface area (Å²) in [5.41, 5.74) is 0.740. The minimum Gasteiger partial charge on any atom is -0.378 e. The van der Waals surface area contributed by atoms with E-state index in [1.54, 1.807) is 7.11 Å². The molecule has 0 unspecified atom stereocenters. The SMILES string of the molecule is COCc1nc(CCNC(=O)c2c(F)cccc2Cl)cs1. The quantitative estimate of drug-likeness (QED) is 0.886. The summed E-state index contributed by atoms with van der Waals surface area (Å²) in [7, 11) is 1.61. The number of amides is 1. The monoisotopic (exact) mass is 328 g/mol. The van der Waals surface area contributed by atoms with Crippen molar-refractivity contribution >= 4 is 28.8 Å². The molecule has 4 nitrogen and oxygen atoms in total. The molecule has 0 spiro atoms. The first kappa shape index (κ1) is 15.9. The van der Waals surface area contributed by atoms with Crippen molar-refractivity contribution in [3.8, 4) is 0 Å². The number of carbonyl (C=O) groups is 1. The van der Waals surface area contributed by atoms with Crippen LogP contribution < -0.4 is 5.32 Å². The molecule has 0 aliphatic rings. The van der Waals surface area contributed by atoms with Gasteiger partial charge < -0.3 is 10.1 Å². The van der Waals surface area contributed by atoms with Crippen molar-refractivity contribution in [2.45, 2.75) is 13.0 Å². The number of hydrogen-bond acceptors (Lipinski definition) is 4. The predicted molar refractivity (Wildman–Crippen MR) is 80.3 cm³/mol. The Morgan fingerprint density at radius 3 is 3.05 bits per heavy atom. The van der Waals surface area contributed by atoms with Gasteiger partial charge in [0.2, 0.25) is 0 Å². The third kappa shape index (κ3) is 4.23. The van der Waals surface area contributed by atoms with Gasteiger partial charge in [0.1, 0.15) is 10.8 Å². The van der Waals surface area contributed by atoms with Crippen molar-refractivity contribution in [3.63, 3.8) is 0 Å². The number of nitrogens with zero attached hydrogens (tertiary/aromatic N) is 1. The van der Waals surface area contributed by atoms with Crippen LogP contribution in [0, 0.1) is 5.82 Å². The Labute approximate surface area is 130 Å². The Hall–Kier alpha value is -1.50. The summed E-state index contributed by atoms with van der Waals surface area (Å²) < 4.78 is 18.6. The fourth-order valence-corrected chi connectivity index (χ4v) is 2.81. The molecule has 112 valence electrons. The van der Waals surface area contributed by atoms with Crippen LogP contribution in [0.2, 0.25) is 5.02 Å². The second-order valence-electron chi connectivity index (χ2n) is 4.27. The molecule has 0 aliphatic heterocycles. The number of carbonyl (C=O) groups excluding carboxylic acids is 1. The van der Waals surface area contributed by atoms with E-state index in [2.05, 4.69) is 10.3 Å². The number of nitrogens with one attached hydrogen (secondary N) is 1. The fourth-order valence-electron chi connectivity index (χ4n) is 1.76. The van der Waals surface area contributed by atoms with Crippen LogP contribution in [-0.2, 0) is 17.8 Å². The molecular weight excluding hydrogens is 315 g/mol. The van der Waals surface area contributed by atoms with E-state index in [1.165, 1.54) is 29.5 Å². The van der Waals surface area contributed by atoms with Crippen molar-refractivity contribution in [3.05, 3.63) is 50.7 Å². The summed E-state index contributed by atoms with van der Waals surface area (Å²) in [6.07, 6.45) is 0.567. The zero-order valence-electron chi connectivity index (χ0n) is 11.4. The van der Waals surface area contributed by atoms with E-state index in [0.29, 0.717) is 19.6 Å². The van der Waals surface area contributed by atoms with E-state index < -0.39 is 11.7 Å². The molecule has 7 heteroatoms. The summed E-state index contributed by atoms with van der Waals surface area (Å²) in [4.78, 5) is 16.3. The first-order valence-electron chi connectivity index (χ1n) is 6.26. The van der Waals surface area contributed by atoms with Gasteiger partial charge in [-0.15, -0.1) is 11.3 Å². The maximum Gasteiger partial charge on any atom is 0.255 e. The molecule has 1 aromatic heterocycles. The van der Waals surface area contributed by atoms with Crippen LogP contribution in [0.4, 0.5) is 4.39 Å². The lowest BCUT2D eigenvalue weighted by Gasteiger charge is -2.06. The van der Waals surface area contributed by atoms with Crippen molar-refractivity contribution < 1.29 is 13.9 Å². The van der Waals surface area contributed by atoms with Crippen molar-refractivity contribution in [1.29, 1.82) is 0 Å². The van der Waals surface area contributed by atoms with E-state index in [1.807, 2.05) is 5.38 Å². The molecule has 2 aromatic rings. The van der Waals surface area contributed by atoms with Crippen LogP contribution in [0.25, 0.3) is 0 Å². The Balaban J connectivity index is 1.89. The van der Waals surface area contributed by atoms with Gasteiger partial charge in [0.15, 0.2) is 0 Å². The van der Waals surface area contributed by atoms with Gasteiger partial charge in [-0.2, -0.15) is 0 Å². The molecular formula is C14H14ClFN2O2S. The highest BCUT2D eigenvalue weighted by molar-refractivity contribution is 7.09. The molecule has 0 atom stereocenters. The third-order valence-corrected chi connectivity index (χ3v) is 3.91. The fraction of sp³-hybridized carbons (Fsp3) is 0.286. The van der Waals surface area contributed by atoms with Gasteiger partial charge >= 0.3 is 0 Å². The Morgan fingerprint density at radius 1 is 1.52 bits per heavy atom. The number of hydrogen-bond donors (Lipinski definition) is 1. The zero-order chi connectivity index (χ0) is 15.2. The molecule has 0 aliphatic carbocycles. The smallest absolute Gasteiger partial charge is 0.255 e. The Bertz CT molecular complexity index is 613. The van der Waals surface area contributed by atoms with Crippen LogP contribution in [0.15, 0.2) is 23.6 Å². The second kappa shape index (κ2) is 7.49. The van der Waals surface area contributed by atoms with E-state index >= 15 is 0 Å². The minimum absolute atomic E-state index is 0.100. The Kier molecular flexibility index (Phi) is 5.67. The summed E-state index contributed by atoms with van der Waals surface area (Å²) in [6.45, 7) is 0.835. The Morgan fingerprint density at radius 2 is 2.33 bits per heavy atom. The number of aromatic nitrogens is 1. The maximum absolute atomic E-state index is 13.6. The molecule has 0 radical (unpaired) electrons. The summed E-state index contributed by atoms with van der Waals surface area (Å²) in [6, 6.07) is 4.15. The zero-order valence-corrected chi connectivity index (χ0v) is 12.9. The molecule has 1 heterocycles. The van der Waals surface area contributed by atoms with Crippen LogP contribution in [0.1, 0.15) is 21.1 Å². The van der Waals surface area contributed by atoms with Crippen molar-refractivity contribution in [2.75, 3.05) is 13.7 Å². The van der Waals surface area contributed by atoms with E-state index in [4.69, 9.17) is 16.3 Å². The number of thiazole rings is 1. The third-order valence-electron chi connectivity index (χ3n) is 2.72. The average molecular weight is 329 g/mol. The first-order chi connectivity index (χ1) is 10.1. The molecule has 1 N–H and O–H groups in total. The lowest BCUT2D eigenvalue weighted by atomic mass is 10.2. The molecule has 1 amide bonds. The molecule has 0 bridgehead atoms. The molecule has 21 heavy (non-hydrogen) atoms. The van der Waals surface area contributed by atoms with Gasteiger partial charge in [0.25, 0.3) is 5.91 Å². The van der Waals surface area contributed by atoms with Gasteiger partial charge in [-0.25, -0.2) is 9.37 Å². The maximum atomic E-state index is 13.6. The van der Waals surface area contributed by atoms with Crippen molar-refractivity contribution in [2.24, 2.45) is 0 Å². The number of rotatable bonds is 6. The average Bonchev–Trinajstić information content (AvgIpc) is 2.87. The second-order valence-corrected chi connectivity index (χ2v) is 5.62. The van der Waals surface area contributed by atoms with Gasteiger partial charge in [-0.05, 0) is 12.1 Å². The lowest BCUT2D eigenvalue weighted by Crippen LogP contribution is -2.27. The van der Waals surface area contributed by atoms with Gasteiger partial charge in [0.05, 0.1) is 22.9 Å². The highest BCUT2D eigenvalue weighted by Crippen LogP contribution is 2.18. The van der Waals surface area contributed by atoms with Crippen molar-refractivity contribution in [1.82, 2.24) is 10.3 Å². The summed E-state index contributed by atoms with van der Waals surface area (Å²) in [5, 5.41) is 5.54. The molecule has 2 rings (SSSR count). The number of methoxy groups -OCH3 is 1. The van der Waals surface area contributed by atoms with Crippen LogP contribution in [-0.4, -0.2) is 24.5 Å². The van der Waals surface area contributed by atoms with E-state index in [-0.39, 0.29) is 10.6 Å². The topological polar surface area (TPSA) is 51.2 Å². The van der Waals surface area contributed by atoms with E-state index in [0.717, 1.165) is 10.7 Å². The lowest BCUT2D eigenvalue weighted by molar-refractivity contribution is 0.0950. The predicted octanol–water partition coefficient (Wildman–Crippen LogP) is 3.05. The van der Waals surface area contributed by atoms with Crippen LogP contribution in [0.5, 0.6) is 0 Å². The highest BCUT2D eigenvalue weighted by atomic mass is 35.5. The standard InChI is InChI=1S/C14H14ClFN2O2S/c1-20-7-12-18-9(8-21-12)5-6-17-14(19)13-10(15)3-2-4-11(13)16/h2-4,8H,5-7H2,1H3,(H,17,19). The number of ether oxygens (including phenoxy) is 1. The number of halogens is 2. The van der Waals surface area contributed by atoms with Crippen LogP contribution >= 0.6 is 22.9 Å². The summed E-state index contributed by atoms with van der Waals surface area (Å²) >= 11 is 7.34. The largest absolute Gasteiger partial charge is 0.378 e.